The molecule has 4 aromatic rings. The Labute approximate surface area is 227 Å². The number of amides is 2. The van der Waals surface area contributed by atoms with Crippen LogP contribution in [0.1, 0.15) is 25.0 Å². The van der Waals surface area contributed by atoms with Crippen LogP contribution >= 0.6 is 11.8 Å². The zero-order chi connectivity index (χ0) is 26.8. The summed E-state index contributed by atoms with van der Waals surface area (Å²) < 4.78 is 13.2. The first kappa shape index (κ1) is 26.0. The van der Waals surface area contributed by atoms with Gasteiger partial charge in [0.25, 0.3) is 0 Å². The lowest BCUT2D eigenvalue weighted by Gasteiger charge is -2.32. The number of methoxy groups -OCH3 is 2. The highest BCUT2D eigenvalue weighted by atomic mass is 32.2. The second-order valence-corrected chi connectivity index (χ2v) is 10.6. The summed E-state index contributed by atoms with van der Waals surface area (Å²) in [6.45, 7) is 5.57. The van der Waals surface area contributed by atoms with E-state index in [0.717, 1.165) is 29.0 Å². The van der Waals surface area contributed by atoms with Crippen molar-refractivity contribution in [3.05, 3.63) is 65.7 Å². The van der Waals surface area contributed by atoms with Crippen LogP contribution < -0.4 is 14.8 Å². The summed E-state index contributed by atoms with van der Waals surface area (Å²) in [6, 6.07) is 18.2. The molecule has 0 fully saturated rings. The van der Waals surface area contributed by atoms with Gasteiger partial charge in [-0.25, -0.2) is 0 Å². The van der Waals surface area contributed by atoms with Crippen LogP contribution in [0.2, 0.25) is 0 Å². The van der Waals surface area contributed by atoms with E-state index in [1.165, 1.54) is 28.7 Å². The minimum atomic E-state index is -0.619. The van der Waals surface area contributed by atoms with Crippen molar-refractivity contribution >= 4 is 45.4 Å². The Balaban J connectivity index is 1.35. The zero-order valence-corrected chi connectivity index (χ0v) is 23.1. The molecule has 5 rings (SSSR count). The van der Waals surface area contributed by atoms with Gasteiger partial charge in [0.1, 0.15) is 6.04 Å². The van der Waals surface area contributed by atoms with Crippen molar-refractivity contribution in [3.63, 3.8) is 0 Å². The van der Waals surface area contributed by atoms with Gasteiger partial charge in [-0.2, -0.15) is 0 Å². The number of carbonyl (C=O) groups excluding carboxylic acids is 2. The number of hydrogen-bond acceptors (Lipinski definition) is 5. The van der Waals surface area contributed by atoms with Crippen molar-refractivity contribution in [2.75, 3.05) is 26.5 Å². The molecule has 0 radical (unpaired) electrons. The van der Waals surface area contributed by atoms with Crippen molar-refractivity contribution in [1.82, 2.24) is 14.8 Å². The third-order valence-electron chi connectivity index (χ3n) is 7.18. The Morgan fingerprint density at radius 2 is 1.68 bits per heavy atom. The topological polar surface area (TPSA) is 72.8 Å². The Kier molecular flexibility index (Phi) is 7.51. The molecule has 0 bridgehead atoms. The molecule has 0 saturated heterocycles. The molecule has 2 heterocycles. The summed E-state index contributed by atoms with van der Waals surface area (Å²) in [4.78, 5) is 28.5. The number of thioether (sulfide) groups is 1. The molecule has 1 atom stereocenters. The molecule has 0 saturated carbocycles. The fraction of sp³-hybridized carbons (Fsp3) is 0.333. The number of hydrogen-bond donors (Lipinski definition) is 1. The number of aromatic nitrogens is 1. The van der Waals surface area contributed by atoms with E-state index < -0.39 is 6.04 Å². The van der Waals surface area contributed by atoms with Crippen LogP contribution in [0.15, 0.2) is 59.5 Å². The third kappa shape index (κ3) is 4.92. The Bertz CT molecular complexity index is 1510. The molecule has 1 unspecified atom stereocenters. The zero-order valence-electron chi connectivity index (χ0n) is 22.2. The van der Waals surface area contributed by atoms with E-state index in [0.29, 0.717) is 30.3 Å². The van der Waals surface area contributed by atoms with Gasteiger partial charge >= 0.3 is 0 Å². The maximum Gasteiger partial charge on any atom is 0.246 e. The number of rotatable bonds is 8. The number of nitrogens with zero attached hydrogens (tertiary/aromatic N) is 2. The van der Waals surface area contributed by atoms with Crippen LogP contribution in [0.5, 0.6) is 11.5 Å². The van der Waals surface area contributed by atoms with E-state index in [2.05, 4.69) is 59.3 Å². The van der Waals surface area contributed by atoms with E-state index in [1.54, 1.807) is 26.0 Å². The first-order valence-electron chi connectivity index (χ1n) is 12.9. The lowest BCUT2D eigenvalue weighted by Crippen LogP contribution is -2.50. The minimum Gasteiger partial charge on any atom is -0.493 e. The van der Waals surface area contributed by atoms with Crippen molar-refractivity contribution in [1.29, 1.82) is 0 Å². The molecule has 0 aliphatic carbocycles. The average molecular weight is 532 g/mol. The monoisotopic (exact) mass is 531 g/mol. The van der Waals surface area contributed by atoms with Crippen LogP contribution in [0.4, 0.5) is 0 Å². The number of nitrogens with one attached hydrogen (secondary N) is 1. The minimum absolute atomic E-state index is 0.0724. The Morgan fingerprint density at radius 3 is 2.39 bits per heavy atom. The quantitative estimate of drug-likeness (QED) is 0.324. The van der Waals surface area contributed by atoms with Gasteiger partial charge in [0.15, 0.2) is 11.5 Å². The summed E-state index contributed by atoms with van der Waals surface area (Å²) in [5, 5.41) is 5.32. The van der Waals surface area contributed by atoms with Gasteiger partial charge in [0.2, 0.25) is 11.8 Å². The number of benzene rings is 3. The largest absolute Gasteiger partial charge is 0.493 e. The van der Waals surface area contributed by atoms with Gasteiger partial charge in [-0.15, -0.1) is 11.8 Å². The molecule has 38 heavy (non-hydrogen) atoms. The predicted octanol–water partition coefficient (Wildman–Crippen LogP) is 5.01. The van der Waals surface area contributed by atoms with Gasteiger partial charge < -0.3 is 24.3 Å². The molecule has 2 amide bonds. The van der Waals surface area contributed by atoms with E-state index in [4.69, 9.17) is 9.47 Å². The summed E-state index contributed by atoms with van der Waals surface area (Å²) in [5.41, 5.74) is 4.61. The fourth-order valence-corrected chi connectivity index (χ4v) is 6.31. The van der Waals surface area contributed by atoms with E-state index in [9.17, 15) is 9.59 Å². The van der Waals surface area contributed by atoms with Gasteiger partial charge in [-0.3, -0.25) is 9.59 Å². The SMILES string of the molecule is CCn1c2ccccc2c2cc(SCC(NC(C)=O)C(=O)N3CCc4cc(OC)c(OC)cc4C3)ccc21. The number of para-hydroxylation sites is 1. The van der Waals surface area contributed by atoms with Gasteiger partial charge in [-0.05, 0) is 60.9 Å². The lowest BCUT2D eigenvalue weighted by molar-refractivity contribution is -0.136. The van der Waals surface area contributed by atoms with Gasteiger partial charge in [0.05, 0.1) is 14.2 Å². The van der Waals surface area contributed by atoms with Crippen LogP contribution in [0.3, 0.4) is 0 Å². The number of fused-ring (bicyclic) bond motifs is 4. The van der Waals surface area contributed by atoms with Crippen molar-refractivity contribution < 1.29 is 19.1 Å². The predicted molar refractivity (Wildman–Crippen MR) is 152 cm³/mol. The number of ether oxygens (including phenoxy) is 2. The van der Waals surface area contributed by atoms with Crippen molar-refractivity contribution in [3.8, 4) is 11.5 Å². The second kappa shape index (κ2) is 11.0. The molecule has 8 heteroatoms. The van der Waals surface area contributed by atoms with E-state index >= 15 is 0 Å². The highest BCUT2D eigenvalue weighted by Crippen LogP contribution is 2.34. The fourth-order valence-electron chi connectivity index (χ4n) is 5.35. The van der Waals surface area contributed by atoms with Crippen LogP contribution in [0.25, 0.3) is 21.8 Å². The molecule has 3 aromatic carbocycles. The summed E-state index contributed by atoms with van der Waals surface area (Å²) >= 11 is 1.59. The Morgan fingerprint density at radius 1 is 0.974 bits per heavy atom. The molecule has 1 aliphatic rings. The highest BCUT2D eigenvalue weighted by molar-refractivity contribution is 7.99. The van der Waals surface area contributed by atoms with E-state index in [1.807, 2.05) is 17.0 Å². The van der Waals surface area contributed by atoms with Gasteiger partial charge in [-0.1, -0.05) is 18.2 Å². The summed E-state index contributed by atoms with van der Waals surface area (Å²) in [7, 11) is 3.23. The van der Waals surface area contributed by atoms with Crippen LogP contribution in [0, 0.1) is 0 Å². The maximum atomic E-state index is 13.6. The summed E-state index contributed by atoms with van der Waals surface area (Å²) in [6.07, 6.45) is 0.722. The molecule has 1 N–H and O–H groups in total. The highest BCUT2D eigenvalue weighted by Gasteiger charge is 2.29. The first-order chi connectivity index (χ1) is 18.4. The van der Waals surface area contributed by atoms with Crippen molar-refractivity contribution in [2.45, 2.75) is 44.3 Å². The molecular weight excluding hydrogens is 498 g/mol. The smallest absolute Gasteiger partial charge is 0.246 e. The number of carbonyl (C=O) groups is 2. The molecule has 1 aromatic heterocycles. The molecule has 7 nitrogen and oxygen atoms in total. The van der Waals surface area contributed by atoms with Crippen molar-refractivity contribution in [2.24, 2.45) is 0 Å². The second-order valence-electron chi connectivity index (χ2n) is 9.49. The number of aryl methyl sites for hydroxylation is 1. The lowest BCUT2D eigenvalue weighted by atomic mass is 9.98. The first-order valence-corrected chi connectivity index (χ1v) is 13.9. The van der Waals surface area contributed by atoms with Gasteiger partial charge in [0, 0.05) is 59.0 Å². The molecule has 198 valence electrons. The summed E-state index contributed by atoms with van der Waals surface area (Å²) in [5.74, 6) is 1.50. The maximum absolute atomic E-state index is 13.6. The third-order valence-corrected chi connectivity index (χ3v) is 8.27. The molecular formula is C30H33N3O4S. The molecule has 1 aliphatic heterocycles. The van der Waals surface area contributed by atoms with E-state index in [-0.39, 0.29) is 11.8 Å². The van der Waals surface area contributed by atoms with Crippen LogP contribution in [-0.4, -0.2) is 53.8 Å². The standard InChI is InChI=1S/C30H33N3O4S/c1-5-33-26-9-7-6-8-23(26)24-16-22(10-11-27(24)33)38-18-25(31-19(2)34)30(35)32-13-12-20-14-28(36-3)29(37-4)15-21(20)17-32/h6-11,14-16,25H,5,12-13,17-18H2,1-4H3,(H,31,34). The molecule has 0 spiro atoms. The Hall–Kier alpha value is -3.65. The normalized spacial score (nSPS) is 13.8. The average Bonchev–Trinajstić information content (AvgIpc) is 3.26. The van der Waals surface area contributed by atoms with Crippen LogP contribution in [-0.2, 0) is 29.1 Å².